The second kappa shape index (κ2) is 2.85. The average molecular weight is 126 g/mol. The topological polar surface area (TPSA) is 20.3 Å². The van der Waals surface area contributed by atoms with Crippen molar-refractivity contribution in [2.45, 2.75) is 19.3 Å². The SMILES string of the molecule is [CH2]CCC(=O)N1CCC1. The summed E-state index contributed by atoms with van der Waals surface area (Å²) in [5.74, 6) is 0.274. The van der Waals surface area contributed by atoms with Crippen molar-refractivity contribution in [2.75, 3.05) is 13.1 Å². The van der Waals surface area contributed by atoms with Gasteiger partial charge in [0.15, 0.2) is 0 Å². The van der Waals surface area contributed by atoms with Crippen molar-refractivity contribution in [3.63, 3.8) is 0 Å². The summed E-state index contributed by atoms with van der Waals surface area (Å²) in [7, 11) is 0. The van der Waals surface area contributed by atoms with E-state index in [1.807, 2.05) is 4.90 Å². The van der Waals surface area contributed by atoms with E-state index in [0.29, 0.717) is 6.42 Å². The van der Waals surface area contributed by atoms with Gasteiger partial charge < -0.3 is 4.90 Å². The van der Waals surface area contributed by atoms with Gasteiger partial charge in [-0.1, -0.05) is 6.92 Å². The number of hydrogen-bond donors (Lipinski definition) is 0. The van der Waals surface area contributed by atoms with E-state index < -0.39 is 0 Å². The molecular weight excluding hydrogens is 114 g/mol. The van der Waals surface area contributed by atoms with Crippen LogP contribution in [0.3, 0.4) is 0 Å². The molecule has 1 aliphatic rings. The summed E-state index contributed by atoms with van der Waals surface area (Å²) >= 11 is 0. The maximum atomic E-state index is 10.9. The van der Waals surface area contributed by atoms with E-state index in [4.69, 9.17) is 0 Å². The Balaban J connectivity index is 2.16. The molecule has 1 saturated heterocycles. The third-order valence-corrected chi connectivity index (χ3v) is 1.60. The summed E-state index contributed by atoms with van der Waals surface area (Å²) in [5, 5.41) is 0. The standard InChI is InChI=1S/C7H12NO/c1-2-4-7(9)8-5-3-6-8/h1-6H2. The molecule has 1 amide bonds. The Morgan fingerprint density at radius 3 is 2.56 bits per heavy atom. The van der Waals surface area contributed by atoms with Gasteiger partial charge in [-0.25, -0.2) is 0 Å². The lowest BCUT2D eigenvalue weighted by Gasteiger charge is -2.30. The van der Waals surface area contributed by atoms with Crippen LogP contribution in [0.4, 0.5) is 0 Å². The van der Waals surface area contributed by atoms with Gasteiger partial charge in [0.05, 0.1) is 0 Å². The van der Waals surface area contributed by atoms with Gasteiger partial charge in [0.25, 0.3) is 0 Å². The highest BCUT2D eigenvalue weighted by molar-refractivity contribution is 5.76. The number of nitrogens with zero attached hydrogens (tertiary/aromatic N) is 1. The number of likely N-dealkylation sites (tertiary alicyclic amines) is 1. The third kappa shape index (κ3) is 1.44. The minimum absolute atomic E-state index is 0.274. The van der Waals surface area contributed by atoms with Crippen LogP contribution in [-0.2, 0) is 4.79 Å². The summed E-state index contributed by atoms with van der Waals surface area (Å²) in [4.78, 5) is 12.8. The number of hydrogen-bond acceptors (Lipinski definition) is 1. The van der Waals surface area contributed by atoms with E-state index in [9.17, 15) is 4.79 Å². The summed E-state index contributed by atoms with van der Waals surface area (Å²) in [6, 6.07) is 0. The van der Waals surface area contributed by atoms with Gasteiger partial charge in [0.2, 0.25) is 5.91 Å². The van der Waals surface area contributed by atoms with Gasteiger partial charge in [0, 0.05) is 19.5 Å². The zero-order valence-corrected chi connectivity index (χ0v) is 5.60. The second-order valence-electron chi connectivity index (χ2n) is 2.34. The molecule has 51 valence electrons. The normalized spacial score (nSPS) is 17.2. The smallest absolute Gasteiger partial charge is 0.222 e. The van der Waals surface area contributed by atoms with Crippen LogP contribution in [0.2, 0.25) is 0 Å². The van der Waals surface area contributed by atoms with Crippen molar-refractivity contribution < 1.29 is 4.79 Å². The Morgan fingerprint density at radius 2 is 2.22 bits per heavy atom. The zero-order chi connectivity index (χ0) is 6.69. The lowest BCUT2D eigenvalue weighted by molar-refractivity contribution is -0.134. The Kier molecular flexibility index (Phi) is 2.09. The van der Waals surface area contributed by atoms with Crippen molar-refractivity contribution in [1.82, 2.24) is 4.90 Å². The zero-order valence-electron chi connectivity index (χ0n) is 5.60. The van der Waals surface area contributed by atoms with Crippen molar-refractivity contribution in [3.8, 4) is 0 Å². The minimum atomic E-state index is 0.274. The molecule has 0 aromatic carbocycles. The van der Waals surface area contributed by atoms with Crippen LogP contribution < -0.4 is 0 Å². The van der Waals surface area contributed by atoms with Gasteiger partial charge in [0.1, 0.15) is 0 Å². The van der Waals surface area contributed by atoms with Crippen LogP contribution in [0.1, 0.15) is 19.3 Å². The summed E-state index contributed by atoms with van der Waals surface area (Å²) in [6.45, 7) is 5.56. The number of carbonyl (C=O) groups is 1. The highest BCUT2D eigenvalue weighted by Crippen LogP contribution is 2.07. The molecule has 9 heavy (non-hydrogen) atoms. The fraction of sp³-hybridized carbons (Fsp3) is 0.714. The molecule has 0 bridgehead atoms. The highest BCUT2D eigenvalue weighted by Gasteiger charge is 2.18. The molecule has 0 spiro atoms. The number of carbonyl (C=O) groups excluding carboxylic acids is 1. The number of amides is 1. The molecule has 1 heterocycles. The largest absolute Gasteiger partial charge is 0.343 e. The summed E-state index contributed by atoms with van der Waals surface area (Å²) in [5.41, 5.74) is 0. The van der Waals surface area contributed by atoms with Crippen LogP contribution in [0.25, 0.3) is 0 Å². The van der Waals surface area contributed by atoms with E-state index in [0.717, 1.165) is 19.5 Å². The quantitative estimate of drug-likeness (QED) is 0.536. The lowest BCUT2D eigenvalue weighted by Crippen LogP contribution is -2.41. The predicted octanol–water partition coefficient (Wildman–Crippen LogP) is 0.833. The Labute approximate surface area is 55.8 Å². The Morgan fingerprint density at radius 1 is 1.56 bits per heavy atom. The van der Waals surface area contributed by atoms with Gasteiger partial charge in [-0.05, 0) is 12.8 Å². The lowest BCUT2D eigenvalue weighted by atomic mass is 10.2. The van der Waals surface area contributed by atoms with E-state index in [2.05, 4.69) is 6.92 Å². The molecular formula is C7H12NO. The molecule has 1 fully saturated rings. The molecule has 1 rings (SSSR count). The van der Waals surface area contributed by atoms with Crippen LogP contribution in [-0.4, -0.2) is 23.9 Å². The molecule has 1 aliphatic heterocycles. The third-order valence-electron chi connectivity index (χ3n) is 1.60. The highest BCUT2D eigenvalue weighted by atomic mass is 16.2. The molecule has 2 heteroatoms. The fourth-order valence-corrected chi connectivity index (χ4v) is 0.875. The Bertz CT molecular complexity index is 107. The molecule has 0 aliphatic carbocycles. The molecule has 2 nitrogen and oxygen atoms in total. The average Bonchev–Trinajstić information content (AvgIpc) is 1.60. The van der Waals surface area contributed by atoms with Crippen LogP contribution >= 0.6 is 0 Å². The van der Waals surface area contributed by atoms with Gasteiger partial charge in [-0.3, -0.25) is 4.79 Å². The van der Waals surface area contributed by atoms with Crippen molar-refractivity contribution >= 4 is 5.91 Å². The first-order chi connectivity index (χ1) is 4.34. The number of rotatable bonds is 2. The van der Waals surface area contributed by atoms with Gasteiger partial charge >= 0.3 is 0 Å². The van der Waals surface area contributed by atoms with Crippen molar-refractivity contribution in [1.29, 1.82) is 0 Å². The fourth-order valence-electron chi connectivity index (χ4n) is 0.875. The molecule has 0 saturated carbocycles. The van der Waals surface area contributed by atoms with Gasteiger partial charge in [-0.15, -0.1) is 0 Å². The van der Waals surface area contributed by atoms with E-state index in [-0.39, 0.29) is 5.91 Å². The van der Waals surface area contributed by atoms with Crippen molar-refractivity contribution in [2.24, 2.45) is 0 Å². The molecule has 0 aromatic rings. The Hall–Kier alpha value is -0.530. The van der Waals surface area contributed by atoms with Crippen LogP contribution in [0.5, 0.6) is 0 Å². The first-order valence-electron chi connectivity index (χ1n) is 3.41. The summed E-state index contributed by atoms with van der Waals surface area (Å²) in [6.07, 6.45) is 2.54. The van der Waals surface area contributed by atoms with Crippen molar-refractivity contribution in [3.05, 3.63) is 6.92 Å². The van der Waals surface area contributed by atoms with E-state index >= 15 is 0 Å². The van der Waals surface area contributed by atoms with Crippen LogP contribution in [0, 0.1) is 6.92 Å². The molecule has 0 atom stereocenters. The maximum absolute atomic E-state index is 10.9. The summed E-state index contributed by atoms with van der Waals surface area (Å²) < 4.78 is 0. The first kappa shape index (κ1) is 6.59. The molecule has 0 unspecified atom stereocenters. The van der Waals surface area contributed by atoms with Gasteiger partial charge in [-0.2, -0.15) is 0 Å². The predicted molar refractivity (Wildman–Crippen MR) is 35.8 cm³/mol. The molecule has 0 N–H and O–H groups in total. The minimum Gasteiger partial charge on any atom is -0.343 e. The van der Waals surface area contributed by atoms with E-state index in [1.165, 1.54) is 6.42 Å². The van der Waals surface area contributed by atoms with Crippen LogP contribution in [0.15, 0.2) is 0 Å². The molecule has 1 radical (unpaired) electrons. The maximum Gasteiger partial charge on any atom is 0.222 e. The first-order valence-corrected chi connectivity index (χ1v) is 3.41. The second-order valence-corrected chi connectivity index (χ2v) is 2.34. The monoisotopic (exact) mass is 126 g/mol. The van der Waals surface area contributed by atoms with E-state index in [1.54, 1.807) is 0 Å². The molecule has 0 aromatic heterocycles.